The number of fused-ring (bicyclic) bond motifs is 3. The van der Waals surface area contributed by atoms with E-state index in [2.05, 4.69) is 144 Å². The number of halogens is 12. The second kappa shape index (κ2) is 68.3. The van der Waals surface area contributed by atoms with Crippen molar-refractivity contribution in [3.05, 3.63) is 215 Å². The van der Waals surface area contributed by atoms with Crippen molar-refractivity contribution in [2.75, 3.05) is 113 Å². The van der Waals surface area contributed by atoms with Crippen LogP contribution in [0, 0.1) is 0 Å². The molecular weight excluding hydrogens is 2260 g/mol. The predicted octanol–water partition coefficient (Wildman–Crippen LogP) is 16.8. The van der Waals surface area contributed by atoms with Gasteiger partial charge in [0.05, 0.1) is 126 Å². The molecule has 2 radical (unpaired) electrons. The fraction of sp³-hybridized carbons (Fsp3) is 0.210. The summed E-state index contributed by atoms with van der Waals surface area (Å²) >= 11 is 43.4. The van der Waals surface area contributed by atoms with Crippen molar-refractivity contribution < 1.29 is 132 Å². The monoisotopic (exact) mass is 2340 g/mol. The van der Waals surface area contributed by atoms with Crippen molar-refractivity contribution in [1.29, 1.82) is 0 Å². The second-order valence-corrected chi connectivity index (χ2v) is 39.1. The molecule has 1 fully saturated rings. The third-order valence-electron chi connectivity index (χ3n) is 15.8. The van der Waals surface area contributed by atoms with Crippen LogP contribution in [0.2, 0.25) is 10.6 Å². The van der Waals surface area contributed by atoms with E-state index in [-0.39, 0.29) is 45.5 Å². The molecule has 0 saturated carbocycles. The molecule has 3 aromatic heterocycles. The van der Waals surface area contributed by atoms with Crippen LogP contribution in [0.5, 0.6) is 63.2 Å². The van der Waals surface area contributed by atoms with Gasteiger partial charge in [-0.25, -0.2) is 39.3 Å². The van der Waals surface area contributed by atoms with Crippen LogP contribution in [0.1, 0.15) is 49.5 Å². The molecule has 0 aliphatic carbocycles. The maximum absolute atomic E-state index is 10.9. The van der Waals surface area contributed by atoms with E-state index in [0.717, 1.165) is 88.8 Å². The summed E-state index contributed by atoms with van der Waals surface area (Å²) in [6.07, 6.45) is 8.49. The van der Waals surface area contributed by atoms with E-state index in [1.54, 1.807) is 136 Å². The first kappa shape index (κ1) is 126. The summed E-state index contributed by atoms with van der Waals surface area (Å²) < 4.78 is 108. The van der Waals surface area contributed by atoms with Gasteiger partial charge in [0.25, 0.3) is 0 Å². The molecule has 13 rings (SSSR count). The first-order valence-corrected chi connectivity index (χ1v) is 49.4. The number of hydrogen-bond donors (Lipinski definition) is 11. The maximum atomic E-state index is 10.9. The Morgan fingerprint density at radius 3 is 1.31 bits per heavy atom. The number of rotatable bonds is 17. The molecule has 0 bridgehead atoms. The van der Waals surface area contributed by atoms with Crippen LogP contribution in [-0.4, -0.2) is 194 Å². The molecule has 136 heavy (non-hydrogen) atoms. The van der Waals surface area contributed by atoms with Gasteiger partial charge in [0.1, 0.15) is 71.1 Å². The number of aliphatic hydroxyl groups is 1. The van der Waals surface area contributed by atoms with Crippen molar-refractivity contribution in [3.63, 3.8) is 0 Å². The number of benzene rings is 9. The van der Waals surface area contributed by atoms with Crippen LogP contribution in [0.25, 0.3) is 43.8 Å². The number of nitrogen functional groups attached to an aromatic ring is 4. The number of urea groups is 1. The van der Waals surface area contributed by atoms with Crippen LogP contribution in [0.4, 0.5) is 27.5 Å². The number of primary amides is 2. The molecule has 1 saturated heterocycles. The Labute approximate surface area is 856 Å². The van der Waals surface area contributed by atoms with E-state index < -0.39 is 47.4 Å². The topological polar surface area (TPSA) is 599 Å². The number of ether oxygens (including phenoxy) is 12. The third kappa shape index (κ3) is 51.6. The van der Waals surface area contributed by atoms with E-state index in [0.29, 0.717) is 103 Å². The Kier molecular flexibility index (Phi) is 63.3. The predicted molar refractivity (Wildman–Crippen MR) is 538 cm³/mol. The number of carbonyl (C=O) groups is 4. The Bertz CT molecular complexity index is 6030. The average Bonchev–Trinajstić information content (AvgIpc) is 0.818. The zero-order valence-corrected chi connectivity index (χ0v) is 87.6. The molecule has 55 heteroatoms. The summed E-state index contributed by atoms with van der Waals surface area (Å²) in [5.41, 5.74) is 37.9. The number of carbonyl (C=O) groups excluding carboxylic acids is 3. The van der Waals surface area contributed by atoms with E-state index in [1.807, 2.05) is 48.5 Å². The minimum atomic E-state index is -3.72. The Morgan fingerprint density at radius 2 is 0.934 bits per heavy atom. The number of H-pyrrole nitrogens is 1. The van der Waals surface area contributed by atoms with Crippen molar-refractivity contribution in [2.24, 2.45) is 11.5 Å². The van der Waals surface area contributed by atoms with Crippen LogP contribution in [0.3, 0.4) is 0 Å². The van der Waals surface area contributed by atoms with Crippen molar-refractivity contribution in [1.82, 2.24) is 29.9 Å². The average molecular weight is 2350 g/mol. The van der Waals surface area contributed by atoms with Gasteiger partial charge >= 0.3 is 60.8 Å². The van der Waals surface area contributed by atoms with Crippen LogP contribution < -0.4 is 97.7 Å². The number of aliphatic hydroxyl groups excluding tert-OH is 1. The second-order valence-electron chi connectivity index (χ2n) is 24.5. The Balaban J connectivity index is 0.00000149. The molecule has 17 N–H and O–H groups in total. The molecule has 737 valence electrons. The zero-order chi connectivity index (χ0) is 104. The molecule has 2 amide bonds. The summed E-state index contributed by atoms with van der Waals surface area (Å²) in [6.45, 7) is 0.830. The van der Waals surface area contributed by atoms with E-state index in [4.69, 9.17) is 175 Å². The van der Waals surface area contributed by atoms with Crippen molar-refractivity contribution in [2.45, 2.75) is 25.5 Å². The molecule has 12 aromatic rings. The number of nitrogens with one attached hydrogen (secondary N) is 1. The molecule has 1 unspecified atom stereocenters. The number of aromatic amines is 1. The number of aromatic carboxylic acids is 1. The SMILES string of the molecule is COc1cc(N)c(C=O)cc1Br.COc1cc(OC)cc(-c2cc3cnc(Cl)nc3cc2OC)c1.COc1cc(OC)cc(B(O)O)c1.COc1cc2[nH]c(=O)ncc2cc1Br.COc1cc2nc(Cl)ncc2cc1Br.COc1ccc(C(=O)O)c(N)c1.COc1ccc(C=O)c(N)c1.COc1ccc(CO)c(N)c1.ClCCl.NC(N)=O.O=P(Cl)(Cl)Cl.O=S(=O)(Cl)Cl.[B]C1CCCO1.[O]=[Mn]=[O]. The van der Waals surface area contributed by atoms with Crippen LogP contribution in [0.15, 0.2) is 176 Å². The summed E-state index contributed by atoms with van der Waals surface area (Å²) in [5, 5.41) is 35.2. The fourth-order valence-electron chi connectivity index (χ4n) is 9.69. The zero-order valence-electron chi connectivity index (χ0n) is 73.2. The summed E-state index contributed by atoms with van der Waals surface area (Å²) in [4.78, 5) is 73.7. The van der Waals surface area contributed by atoms with Crippen molar-refractivity contribution >= 4 is 263 Å². The number of hydrogen-bond acceptors (Lipinski definition) is 34. The van der Waals surface area contributed by atoms with E-state index in [1.165, 1.54) is 51.8 Å². The molecule has 38 nitrogen and oxygen atoms in total. The number of alkyl halides is 2. The van der Waals surface area contributed by atoms with Crippen LogP contribution >= 0.6 is 154 Å². The number of carboxylic acid groups (broad SMARTS) is 1. The Morgan fingerprint density at radius 1 is 0.559 bits per heavy atom. The standard InChI is InChI=1S/C17H15ClN2O3.C9H6BrClN2O.C9H7BrN2O2.C8H11BO4.C8H8BrNO2.C8H9NO3.C8H11NO2.C8H9NO2.C4H7BO.CH2Cl2.CH4N2O.Cl3OP.Cl2O2S.Mn.2O/c1-21-12-4-10(5-13(7-12)22-2)14-6-11-9-19-17(18)20-15(11)8-16(14)23-3;1-14-8-3-7-5(2-6(8)10)4-12-9(11)13-7;1-14-8-3-7-5(2-6(8)10)4-11-9(13)12-7;1-12-7-3-6(9(10)11)4-8(5-7)13-2;1-12-8-3-7(10)5(4-11)2-6(8)9;1-12-5-2-3-6(8(10)11)7(9)4-5;2*1-11-7-3-2-6(5-10)8(9)4-7;5-4-2-1-3-6-4;2-1-3;2-1(3)4;2*1-5(2,3)4;;;/h4-9H,1-3H3;2-4H,1H3;2-4H,1H3,(H,11,12,13);3-5,10-11H,1-2H3;2-4H,10H2,1H3;2-4H,9H2,1H3,(H,10,11);2-4,10H,5,9H2,1H3;2-5H,9H2,1H3;4H,1-3H2;1H2;(H4,2,3,4);;;;;. The number of anilines is 4. The molecule has 0 spiro atoms. The summed E-state index contributed by atoms with van der Waals surface area (Å²) in [7, 11) is 25.8. The van der Waals surface area contributed by atoms with Gasteiger partial charge in [-0.05, 0) is 207 Å². The molecular formula is C81H89B2Br3Cl9MnN12O26PS. The third-order valence-corrected chi connectivity index (χ3v) is 18.0. The van der Waals surface area contributed by atoms with E-state index in [9.17, 15) is 23.7 Å². The molecule has 9 aromatic carbocycles. The van der Waals surface area contributed by atoms with E-state index >= 15 is 0 Å². The normalized spacial score (nSPS) is 10.8. The molecule has 1 aliphatic heterocycles. The van der Waals surface area contributed by atoms with Gasteiger partial charge in [-0.3, -0.25) is 14.2 Å². The van der Waals surface area contributed by atoms with Gasteiger partial charge in [-0.2, -0.15) is 8.42 Å². The van der Waals surface area contributed by atoms with Gasteiger partial charge < -0.3 is 116 Å². The quantitative estimate of drug-likeness (QED) is 0.00767. The van der Waals surface area contributed by atoms with Gasteiger partial charge in [-0.15, -0.1) is 23.2 Å². The number of amides is 2. The van der Waals surface area contributed by atoms with Crippen LogP contribution in [-0.2, 0) is 46.7 Å². The van der Waals surface area contributed by atoms with Crippen molar-refractivity contribution in [3.8, 4) is 74.4 Å². The first-order chi connectivity index (χ1) is 64.0. The fourth-order valence-corrected chi connectivity index (χ4v) is 11.5. The summed E-state index contributed by atoms with van der Waals surface area (Å²) in [6, 6.07) is 38.5. The number of aldehydes is 2. The first-order valence-electron chi connectivity index (χ1n) is 36.7. The minimum absolute atomic E-state index is 0.0319. The number of methoxy groups -OCH3 is 11. The molecule has 4 heterocycles. The molecule has 1 aliphatic rings. The summed E-state index contributed by atoms with van der Waals surface area (Å²) in [5.74, 6) is 6.07. The van der Waals surface area contributed by atoms with Gasteiger partial charge in [0.15, 0.2) is 12.6 Å². The van der Waals surface area contributed by atoms with Gasteiger partial charge in [-0.1, -0.05) is 6.07 Å². The Hall–Kier alpha value is -9.80. The molecule has 1 atom stereocenters. The number of nitrogens with zero attached hydrogens (tertiary/aromatic N) is 5. The number of aromatic nitrogens is 6. The number of nitrogens with two attached hydrogens (primary N) is 6. The number of carboxylic acids is 1. The van der Waals surface area contributed by atoms with Gasteiger partial charge in [0.2, 0.25) is 10.6 Å². The van der Waals surface area contributed by atoms with Gasteiger partial charge in [0, 0.05) is 168 Å².